The molecule has 3 heterocycles. The molecule has 5 rings (SSSR count). The Morgan fingerprint density at radius 1 is 0.867 bits per heavy atom. The smallest absolute Gasteiger partial charge is 0.163 e. The minimum atomic E-state index is 0.634. The predicted octanol–water partition coefficient (Wildman–Crippen LogP) is 4.13. The van der Waals surface area contributed by atoms with Crippen LogP contribution in [0.25, 0.3) is 11.3 Å². The average Bonchev–Trinajstić information content (AvgIpc) is 3.19. The molecule has 0 amide bonds. The summed E-state index contributed by atoms with van der Waals surface area (Å²) in [5, 5.41) is 0. The third-order valence-corrected chi connectivity index (χ3v) is 6.17. The number of ether oxygens (including phenoxy) is 2. The second-order valence-electron chi connectivity index (χ2n) is 8.11. The Labute approximate surface area is 178 Å². The Morgan fingerprint density at radius 2 is 1.63 bits per heavy atom. The van der Waals surface area contributed by atoms with E-state index in [1.807, 2.05) is 6.07 Å². The van der Waals surface area contributed by atoms with Gasteiger partial charge < -0.3 is 19.4 Å². The van der Waals surface area contributed by atoms with Gasteiger partial charge in [-0.1, -0.05) is 30.3 Å². The largest absolute Gasteiger partial charge is 0.486 e. The SMILES string of the molecule is Cc1[nH]c(-c2ccccc2)cc1CCN1CCN(c2ccc3c(c2)OCCO3)CC1. The topological polar surface area (TPSA) is 40.7 Å². The van der Waals surface area contributed by atoms with E-state index in [1.54, 1.807) is 0 Å². The third kappa shape index (κ3) is 4.03. The third-order valence-electron chi connectivity index (χ3n) is 6.17. The molecule has 0 radical (unpaired) electrons. The number of nitrogens with zero attached hydrogens (tertiary/aromatic N) is 2. The molecule has 30 heavy (non-hydrogen) atoms. The number of aromatic nitrogens is 1. The van der Waals surface area contributed by atoms with Crippen LogP contribution >= 0.6 is 0 Å². The molecule has 2 aromatic carbocycles. The van der Waals surface area contributed by atoms with Crippen molar-refractivity contribution in [1.82, 2.24) is 9.88 Å². The highest BCUT2D eigenvalue weighted by Crippen LogP contribution is 2.34. The molecule has 1 aromatic heterocycles. The van der Waals surface area contributed by atoms with Gasteiger partial charge in [0.05, 0.1) is 0 Å². The van der Waals surface area contributed by atoms with Crippen molar-refractivity contribution in [2.24, 2.45) is 0 Å². The molecule has 3 aromatic rings. The number of fused-ring (bicyclic) bond motifs is 1. The Hall–Kier alpha value is -2.92. The normalized spacial score (nSPS) is 16.6. The number of H-pyrrole nitrogens is 1. The summed E-state index contributed by atoms with van der Waals surface area (Å²) in [6, 6.07) is 19.2. The number of aromatic amines is 1. The Bertz CT molecular complexity index is 991. The summed E-state index contributed by atoms with van der Waals surface area (Å²) in [7, 11) is 0. The first-order valence-corrected chi connectivity index (χ1v) is 10.9. The summed E-state index contributed by atoms with van der Waals surface area (Å²) in [5.41, 5.74) is 6.39. The van der Waals surface area contributed by atoms with Gasteiger partial charge in [-0.25, -0.2) is 0 Å². The van der Waals surface area contributed by atoms with Gasteiger partial charge in [-0.2, -0.15) is 0 Å². The molecular weight excluding hydrogens is 374 g/mol. The molecule has 0 atom stereocenters. The molecule has 2 aliphatic heterocycles. The number of hydrogen-bond donors (Lipinski definition) is 1. The van der Waals surface area contributed by atoms with Crippen molar-refractivity contribution in [3.63, 3.8) is 0 Å². The van der Waals surface area contributed by atoms with Crippen LogP contribution in [-0.2, 0) is 6.42 Å². The number of nitrogens with one attached hydrogen (secondary N) is 1. The van der Waals surface area contributed by atoms with Gasteiger partial charge in [0.15, 0.2) is 11.5 Å². The number of hydrogen-bond acceptors (Lipinski definition) is 4. The van der Waals surface area contributed by atoms with Gasteiger partial charge >= 0.3 is 0 Å². The summed E-state index contributed by atoms with van der Waals surface area (Å²) < 4.78 is 11.4. The van der Waals surface area contributed by atoms with Gasteiger partial charge in [0.1, 0.15) is 13.2 Å². The monoisotopic (exact) mass is 403 g/mol. The predicted molar refractivity (Wildman–Crippen MR) is 121 cm³/mol. The van der Waals surface area contributed by atoms with Gasteiger partial charge in [-0.3, -0.25) is 4.90 Å². The maximum atomic E-state index is 5.74. The lowest BCUT2D eigenvalue weighted by atomic mass is 10.1. The van der Waals surface area contributed by atoms with E-state index in [2.05, 4.69) is 70.2 Å². The molecule has 1 N–H and O–H groups in total. The summed E-state index contributed by atoms with van der Waals surface area (Å²) in [6.07, 6.45) is 1.08. The second-order valence-corrected chi connectivity index (χ2v) is 8.11. The Kier molecular flexibility index (Phi) is 5.37. The van der Waals surface area contributed by atoms with Crippen LogP contribution in [0.2, 0.25) is 0 Å². The van der Waals surface area contributed by atoms with E-state index >= 15 is 0 Å². The van der Waals surface area contributed by atoms with Crippen molar-refractivity contribution in [3.05, 3.63) is 65.9 Å². The van der Waals surface area contributed by atoms with Crippen LogP contribution in [-0.4, -0.2) is 55.8 Å². The standard InChI is InChI=1S/C25H29N3O2/c1-19-21(17-23(26-19)20-5-3-2-4-6-20)9-10-27-11-13-28(14-12-27)22-7-8-24-25(18-22)30-16-15-29-24/h2-8,17-18,26H,9-16H2,1H3. The van der Waals surface area contributed by atoms with Gasteiger partial charge in [0.2, 0.25) is 0 Å². The highest BCUT2D eigenvalue weighted by Gasteiger charge is 2.20. The molecule has 0 aliphatic carbocycles. The van der Waals surface area contributed by atoms with Crippen LogP contribution in [0.3, 0.4) is 0 Å². The lowest BCUT2D eigenvalue weighted by Gasteiger charge is -2.36. The number of piperazine rings is 1. The van der Waals surface area contributed by atoms with Crippen molar-refractivity contribution >= 4 is 5.69 Å². The molecule has 5 nitrogen and oxygen atoms in total. The minimum Gasteiger partial charge on any atom is -0.486 e. The second kappa shape index (κ2) is 8.44. The summed E-state index contributed by atoms with van der Waals surface area (Å²) in [5.74, 6) is 1.73. The van der Waals surface area contributed by atoms with Crippen LogP contribution in [0.4, 0.5) is 5.69 Å². The number of anilines is 1. The van der Waals surface area contributed by atoms with Crippen molar-refractivity contribution in [2.75, 3.05) is 50.8 Å². The molecule has 2 aliphatic rings. The molecule has 1 fully saturated rings. The minimum absolute atomic E-state index is 0.634. The summed E-state index contributed by atoms with van der Waals surface area (Å²) in [4.78, 5) is 8.57. The fourth-order valence-electron chi connectivity index (χ4n) is 4.37. The van der Waals surface area contributed by atoms with Crippen LogP contribution in [0.15, 0.2) is 54.6 Å². The first-order valence-electron chi connectivity index (χ1n) is 10.9. The van der Waals surface area contributed by atoms with E-state index in [0.29, 0.717) is 13.2 Å². The van der Waals surface area contributed by atoms with Gasteiger partial charge in [-0.05, 0) is 42.7 Å². The number of aryl methyl sites for hydroxylation is 1. The summed E-state index contributed by atoms with van der Waals surface area (Å²) >= 11 is 0. The van der Waals surface area contributed by atoms with E-state index in [1.165, 1.54) is 28.2 Å². The van der Waals surface area contributed by atoms with Gasteiger partial charge in [0.25, 0.3) is 0 Å². The molecule has 0 bridgehead atoms. The molecule has 1 saturated heterocycles. The van der Waals surface area contributed by atoms with Crippen molar-refractivity contribution in [1.29, 1.82) is 0 Å². The Morgan fingerprint density at radius 3 is 2.43 bits per heavy atom. The van der Waals surface area contributed by atoms with Crippen molar-refractivity contribution in [3.8, 4) is 22.8 Å². The van der Waals surface area contributed by atoms with Crippen molar-refractivity contribution < 1.29 is 9.47 Å². The fourth-order valence-corrected chi connectivity index (χ4v) is 4.37. The van der Waals surface area contributed by atoms with Gasteiger partial charge in [-0.15, -0.1) is 0 Å². The maximum absolute atomic E-state index is 5.74. The zero-order chi connectivity index (χ0) is 20.3. The van der Waals surface area contributed by atoms with Crippen LogP contribution in [0.5, 0.6) is 11.5 Å². The summed E-state index contributed by atoms with van der Waals surface area (Å²) in [6.45, 7) is 8.81. The average molecular weight is 404 g/mol. The molecular formula is C25H29N3O2. The van der Waals surface area contributed by atoms with Gasteiger partial charge in [0, 0.05) is 55.9 Å². The molecule has 0 saturated carbocycles. The maximum Gasteiger partial charge on any atom is 0.163 e. The van der Waals surface area contributed by atoms with Crippen molar-refractivity contribution in [2.45, 2.75) is 13.3 Å². The van der Waals surface area contributed by atoms with E-state index < -0.39 is 0 Å². The van der Waals surface area contributed by atoms with E-state index in [-0.39, 0.29) is 0 Å². The van der Waals surface area contributed by atoms with E-state index in [9.17, 15) is 0 Å². The first-order chi connectivity index (χ1) is 14.8. The Balaban J connectivity index is 1.16. The number of rotatable bonds is 5. The highest BCUT2D eigenvalue weighted by molar-refractivity contribution is 5.61. The molecule has 0 spiro atoms. The quantitative estimate of drug-likeness (QED) is 0.696. The van der Waals surface area contributed by atoms with E-state index in [0.717, 1.165) is 50.6 Å². The van der Waals surface area contributed by atoms with Crippen LogP contribution in [0.1, 0.15) is 11.3 Å². The first kappa shape index (κ1) is 19.1. The number of benzene rings is 2. The van der Waals surface area contributed by atoms with E-state index in [4.69, 9.17) is 9.47 Å². The molecule has 5 heteroatoms. The molecule has 156 valence electrons. The zero-order valence-electron chi connectivity index (χ0n) is 17.6. The fraction of sp³-hybridized carbons (Fsp3) is 0.360. The highest BCUT2D eigenvalue weighted by atomic mass is 16.6. The molecule has 0 unspecified atom stereocenters. The van der Waals surface area contributed by atoms with Crippen LogP contribution in [0, 0.1) is 6.92 Å². The lowest BCUT2D eigenvalue weighted by Crippen LogP contribution is -2.47. The zero-order valence-corrected chi connectivity index (χ0v) is 17.6. The van der Waals surface area contributed by atoms with Crippen LogP contribution < -0.4 is 14.4 Å². The lowest BCUT2D eigenvalue weighted by molar-refractivity contribution is 0.171.